The molecule has 0 nitrogen and oxygen atoms in total. The van der Waals surface area contributed by atoms with Gasteiger partial charge in [-0.2, -0.15) is 0 Å². The van der Waals surface area contributed by atoms with Gasteiger partial charge in [0.05, 0.1) is 0 Å². The molecule has 0 N–H and O–H groups in total. The van der Waals surface area contributed by atoms with Crippen molar-refractivity contribution in [1.29, 1.82) is 0 Å². The molecule has 1 unspecified atom stereocenters. The third-order valence-corrected chi connectivity index (χ3v) is 9.85. The van der Waals surface area contributed by atoms with Crippen molar-refractivity contribution in [2.24, 2.45) is 0 Å². The molecule has 52 valence electrons. The van der Waals surface area contributed by atoms with Crippen LogP contribution in [0.2, 0.25) is 18.8 Å². The van der Waals surface area contributed by atoms with Crippen LogP contribution in [0.1, 0.15) is 12.8 Å². The summed E-state index contributed by atoms with van der Waals surface area (Å²) >= 11 is -1.48. The molecule has 0 aromatic heterocycles. The molecule has 0 aliphatic heterocycles. The van der Waals surface area contributed by atoms with Crippen molar-refractivity contribution < 1.29 is 0 Å². The molecule has 1 atom stereocenters. The number of allylic oxidation sites excluding steroid dienone is 2. The van der Waals surface area contributed by atoms with Crippen LogP contribution in [0, 0.1) is 0 Å². The summed E-state index contributed by atoms with van der Waals surface area (Å²) in [6, 6.07) is 0. The van der Waals surface area contributed by atoms with Crippen molar-refractivity contribution in [3.05, 3.63) is 12.2 Å². The van der Waals surface area contributed by atoms with Crippen LogP contribution in [0.15, 0.2) is 12.2 Å². The molecule has 0 saturated carbocycles. The molecule has 0 heterocycles. The van der Waals surface area contributed by atoms with E-state index < -0.39 is 18.4 Å². The van der Waals surface area contributed by atoms with Gasteiger partial charge in [-0.25, -0.2) is 0 Å². The van der Waals surface area contributed by atoms with Gasteiger partial charge >= 0.3 is 62.1 Å². The minimum atomic E-state index is -1.48. The van der Waals surface area contributed by atoms with E-state index in [0.29, 0.717) is 0 Å². The van der Waals surface area contributed by atoms with Gasteiger partial charge in [0.25, 0.3) is 0 Å². The predicted octanol–water partition coefficient (Wildman–Crippen LogP) is 3.04. The van der Waals surface area contributed by atoms with E-state index in [1.165, 1.54) is 12.8 Å². The van der Waals surface area contributed by atoms with E-state index in [0.717, 1.165) is 3.93 Å². The Hall–Kier alpha value is 0.539. The minimum absolute atomic E-state index is 1.04. The van der Waals surface area contributed by atoms with Crippen LogP contribution < -0.4 is 0 Å². The standard InChI is InChI=1S/C5H7.3CH3.Sn/c1-2-4-5-3-1;;;;/h1-3H,4-5H2;3*1H3;. The van der Waals surface area contributed by atoms with Crippen molar-refractivity contribution >= 4 is 18.4 Å². The molecule has 0 radical (unpaired) electrons. The third kappa shape index (κ3) is 1.99. The molecule has 0 bridgehead atoms. The summed E-state index contributed by atoms with van der Waals surface area (Å²) < 4.78 is 1.04. The molecular formula is C8H16Sn. The molecule has 1 heteroatoms. The topological polar surface area (TPSA) is 0 Å². The molecular weight excluding hydrogens is 215 g/mol. The van der Waals surface area contributed by atoms with E-state index >= 15 is 0 Å². The zero-order chi connectivity index (χ0) is 6.91. The van der Waals surface area contributed by atoms with Crippen LogP contribution in [0.5, 0.6) is 0 Å². The summed E-state index contributed by atoms with van der Waals surface area (Å²) in [5, 5.41) is 0. The molecule has 1 aliphatic carbocycles. The summed E-state index contributed by atoms with van der Waals surface area (Å²) in [6.45, 7) is 0. The van der Waals surface area contributed by atoms with E-state index in [9.17, 15) is 0 Å². The molecule has 0 spiro atoms. The summed E-state index contributed by atoms with van der Waals surface area (Å²) in [5.41, 5.74) is 0. The van der Waals surface area contributed by atoms with Crippen LogP contribution in [-0.2, 0) is 0 Å². The fourth-order valence-corrected chi connectivity index (χ4v) is 6.34. The Morgan fingerprint density at radius 3 is 2.22 bits per heavy atom. The van der Waals surface area contributed by atoms with Gasteiger partial charge in [0.15, 0.2) is 0 Å². The van der Waals surface area contributed by atoms with Crippen LogP contribution in [0.3, 0.4) is 0 Å². The maximum atomic E-state index is 2.52. The van der Waals surface area contributed by atoms with Gasteiger partial charge in [0.1, 0.15) is 0 Å². The molecule has 0 aromatic rings. The second kappa shape index (κ2) is 2.65. The Morgan fingerprint density at radius 2 is 2.00 bits per heavy atom. The van der Waals surface area contributed by atoms with Crippen LogP contribution in [0.4, 0.5) is 0 Å². The number of hydrogen-bond donors (Lipinski definition) is 0. The second-order valence-electron chi connectivity index (χ2n) is 3.98. The average molecular weight is 231 g/mol. The SMILES string of the molecule is [CH3][Sn]([CH3])([CH3])[CH]1C=CCC1. The molecule has 9 heavy (non-hydrogen) atoms. The van der Waals surface area contributed by atoms with Gasteiger partial charge in [-0.3, -0.25) is 0 Å². The fourth-order valence-electron chi connectivity index (χ4n) is 1.35. The van der Waals surface area contributed by atoms with Gasteiger partial charge < -0.3 is 0 Å². The Morgan fingerprint density at radius 1 is 1.33 bits per heavy atom. The normalized spacial score (nSPS) is 27.2. The van der Waals surface area contributed by atoms with Crippen LogP contribution in [0.25, 0.3) is 0 Å². The molecule has 0 aromatic carbocycles. The Bertz CT molecular complexity index is 119. The molecule has 1 aliphatic rings. The molecule has 0 amide bonds. The molecule has 0 fully saturated rings. The van der Waals surface area contributed by atoms with Crippen molar-refractivity contribution in [3.8, 4) is 0 Å². The number of hydrogen-bond acceptors (Lipinski definition) is 0. The summed E-state index contributed by atoms with van der Waals surface area (Å²) in [5.74, 6) is 0. The monoisotopic (exact) mass is 232 g/mol. The average Bonchev–Trinajstić information content (AvgIpc) is 2.08. The third-order valence-electron chi connectivity index (χ3n) is 2.13. The Labute approximate surface area is 62.2 Å². The summed E-state index contributed by atoms with van der Waals surface area (Å²) in [6.07, 6.45) is 7.61. The van der Waals surface area contributed by atoms with Crippen LogP contribution in [-0.4, -0.2) is 18.4 Å². The van der Waals surface area contributed by atoms with Crippen molar-refractivity contribution in [1.82, 2.24) is 0 Å². The van der Waals surface area contributed by atoms with Gasteiger partial charge in [0, 0.05) is 0 Å². The van der Waals surface area contributed by atoms with E-state index in [1.807, 2.05) is 0 Å². The summed E-state index contributed by atoms with van der Waals surface area (Å²) in [4.78, 5) is 7.57. The predicted molar refractivity (Wildman–Crippen MR) is 45.5 cm³/mol. The second-order valence-corrected chi connectivity index (χ2v) is 19.6. The van der Waals surface area contributed by atoms with Gasteiger partial charge in [-0.15, -0.1) is 0 Å². The van der Waals surface area contributed by atoms with Gasteiger partial charge in [-0.05, 0) is 0 Å². The Kier molecular flexibility index (Phi) is 2.25. The van der Waals surface area contributed by atoms with Crippen molar-refractivity contribution in [3.63, 3.8) is 0 Å². The van der Waals surface area contributed by atoms with Crippen LogP contribution >= 0.6 is 0 Å². The van der Waals surface area contributed by atoms with E-state index in [1.54, 1.807) is 0 Å². The fraction of sp³-hybridized carbons (Fsp3) is 0.750. The first-order valence-electron chi connectivity index (χ1n) is 3.77. The quantitative estimate of drug-likeness (QED) is 0.480. The first-order valence-corrected chi connectivity index (χ1v) is 14.0. The Balaban J connectivity index is 2.53. The molecule has 0 saturated heterocycles. The maximum absolute atomic E-state index is 2.52. The van der Waals surface area contributed by atoms with E-state index in [-0.39, 0.29) is 0 Å². The van der Waals surface area contributed by atoms with E-state index in [4.69, 9.17) is 0 Å². The first-order chi connectivity index (χ1) is 4.11. The molecule has 1 rings (SSSR count). The number of rotatable bonds is 1. The zero-order valence-corrected chi connectivity index (χ0v) is 9.50. The van der Waals surface area contributed by atoms with Gasteiger partial charge in [-0.1, -0.05) is 0 Å². The van der Waals surface area contributed by atoms with Crippen molar-refractivity contribution in [2.45, 2.75) is 31.6 Å². The zero-order valence-electron chi connectivity index (χ0n) is 6.65. The first kappa shape index (κ1) is 7.64. The van der Waals surface area contributed by atoms with Crippen molar-refractivity contribution in [2.75, 3.05) is 0 Å². The van der Waals surface area contributed by atoms with Gasteiger partial charge in [0.2, 0.25) is 0 Å². The van der Waals surface area contributed by atoms with E-state index in [2.05, 4.69) is 27.0 Å². The summed E-state index contributed by atoms with van der Waals surface area (Å²) in [7, 11) is 0.